The number of rotatable bonds is 4. The largest absolute Gasteiger partial charge is 0.416 e. The van der Waals surface area contributed by atoms with Gasteiger partial charge in [-0.2, -0.15) is 18.3 Å². The molecule has 1 aromatic heterocycles. The molecule has 0 saturated carbocycles. The minimum atomic E-state index is -4.43. The van der Waals surface area contributed by atoms with Crippen molar-refractivity contribution in [3.8, 4) is 11.3 Å². The van der Waals surface area contributed by atoms with Crippen molar-refractivity contribution in [2.24, 2.45) is 0 Å². The van der Waals surface area contributed by atoms with Crippen molar-refractivity contribution in [2.75, 3.05) is 0 Å². The summed E-state index contributed by atoms with van der Waals surface area (Å²) in [6.07, 6.45) is -4.43. The number of aromatic nitrogens is 2. The predicted octanol–water partition coefficient (Wildman–Crippen LogP) is 3.89. The summed E-state index contributed by atoms with van der Waals surface area (Å²) in [7, 11) is 0. The number of alkyl halides is 3. The van der Waals surface area contributed by atoms with Gasteiger partial charge in [0, 0.05) is 23.8 Å². The molecule has 2 aromatic carbocycles. The number of non-ortho nitro benzene ring substituents is 1. The minimum Gasteiger partial charge on any atom is -0.268 e. The molecule has 6 nitrogen and oxygen atoms in total. The number of nitrogens with zero attached hydrogens (tertiary/aromatic N) is 3. The van der Waals surface area contributed by atoms with Crippen molar-refractivity contribution in [3.63, 3.8) is 0 Å². The Labute approximate surface area is 150 Å². The molecule has 27 heavy (non-hydrogen) atoms. The van der Waals surface area contributed by atoms with Crippen LogP contribution in [0.4, 0.5) is 18.9 Å². The first-order valence-electron chi connectivity index (χ1n) is 7.73. The third-order valence-electron chi connectivity index (χ3n) is 3.83. The molecule has 0 aliphatic heterocycles. The summed E-state index contributed by atoms with van der Waals surface area (Å²) < 4.78 is 39.0. The number of halogens is 3. The van der Waals surface area contributed by atoms with Gasteiger partial charge in [0.25, 0.3) is 11.2 Å². The van der Waals surface area contributed by atoms with Gasteiger partial charge in [0.05, 0.1) is 22.7 Å². The van der Waals surface area contributed by atoms with Crippen molar-refractivity contribution in [1.82, 2.24) is 9.78 Å². The monoisotopic (exact) mass is 375 g/mol. The normalized spacial score (nSPS) is 11.4. The Kier molecular flexibility index (Phi) is 4.76. The van der Waals surface area contributed by atoms with E-state index in [1.165, 1.54) is 42.5 Å². The highest BCUT2D eigenvalue weighted by Crippen LogP contribution is 2.29. The summed E-state index contributed by atoms with van der Waals surface area (Å²) >= 11 is 0. The Bertz CT molecular complexity index is 1040. The molecule has 0 fully saturated rings. The van der Waals surface area contributed by atoms with E-state index in [1.807, 2.05) is 0 Å². The maximum atomic E-state index is 12.6. The fourth-order valence-electron chi connectivity index (χ4n) is 2.47. The highest BCUT2D eigenvalue weighted by Gasteiger charge is 2.29. The van der Waals surface area contributed by atoms with E-state index in [1.54, 1.807) is 6.07 Å². The first-order chi connectivity index (χ1) is 12.7. The molecule has 0 unspecified atom stereocenters. The Balaban J connectivity index is 1.91. The first kappa shape index (κ1) is 18.3. The van der Waals surface area contributed by atoms with E-state index >= 15 is 0 Å². The van der Waals surface area contributed by atoms with Gasteiger partial charge in [-0.3, -0.25) is 14.9 Å². The molecule has 0 amide bonds. The number of hydrogen-bond donors (Lipinski definition) is 0. The van der Waals surface area contributed by atoms with Gasteiger partial charge in [-0.15, -0.1) is 0 Å². The van der Waals surface area contributed by atoms with Crippen LogP contribution < -0.4 is 5.56 Å². The van der Waals surface area contributed by atoms with Gasteiger partial charge in [-0.05, 0) is 23.8 Å². The van der Waals surface area contributed by atoms with Crippen LogP contribution in [0.1, 0.15) is 11.1 Å². The van der Waals surface area contributed by atoms with Gasteiger partial charge in [-0.25, -0.2) is 4.68 Å². The van der Waals surface area contributed by atoms with Crippen molar-refractivity contribution in [1.29, 1.82) is 0 Å². The predicted molar refractivity (Wildman–Crippen MR) is 91.1 cm³/mol. The van der Waals surface area contributed by atoms with Crippen molar-refractivity contribution in [3.05, 3.63) is 92.3 Å². The van der Waals surface area contributed by atoms with E-state index in [-0.39, 0.29) is 12.2 Å². The Morgan fingerprint density at radius 1 is 1.04 bits per heavy atom. The molecule has 138 valence electrons. The van der Waals surface area contributed by atoms with E-state index in [0.717, 1.165) is 16.8 Å². The summed E-state index contributed by atoms with van der Waals surface area (Å²) in [4.78, 5) is 22.4. The van der Waals surface area contributed by atoms with Gasteiger partial charge >= 0.3 is 6.18 Å². The summed E-state index contributed by atoms with van der Waals surface area (Å²) in [5, 5.41) is 15.1. The topological polar surface area (TPSA) is 78.0 Å². The highest BCUT2D eigenvalue weighted by molar-refractivity contribution is 5.61. The van der Waals surface area contributed by atoms with Gasteiger partial charge < -0.3 is 0 Å². The number of nitro benzene ring substituents is 1. The first-order valence-corrected chi connectivity index (χ1v) is 7.73. The molecule has 0 bridgehead atoms. The molecular formula is C18H12F3N3O3. The van der Waals surface area contributed by atoms with Gasteiger partial charge in [0.2, 0.25) is 0 Å². The number of nitro groups is 1. The molecule has 0 saturated heterocycles. The number of benzene rings is 2. The zero-order chi connectivity index (χ0) is 19.6. The van der Waals surface area contributed by atoms with E-state index < -0.39 is 22.2 Å². The summed E-state index contributed by atoms with van der Waals surface area (Å²) in [5.74, 6) is 0. The highest BCUT2D eigenvalue weighted by atomic mass is 19.4. The fraction of sp³-hybridized carbons (Fsp3) is 0.111. The molecule has 1 heterocycles. The second-order valence-corrected chi connectivity index (χ2v) is 5.72. The maximum absolute atomic E-state index is 12.6. The Morgan fingerprint density at radius 2 is 1.74 bits per heavy atom. The average Bonchev–Trinajstić information content (AvgIpc) is 2.63. The second-order valence-electron chi connectivity index (χ2n) is 5.72. The lowest BCUT2D eigenvalue weighted by Crippen LogP contribution is -2.22. The lowest BCUT2D eigenvalue weighted by molar-refractivity contribution is -0.384. The van der Waals surface area contributed by atoms with Crippen LogP contribution in [-0.2, 0) is 12.7 Å². The maximum Gasteiger partial charge on any atom is 0.416 e. The molecule has 0 atom stereocenters. The molecular weight excluding hydrogens is 363 g/mol. The molecule has 3 rings (SSSR count). The second kappa shape index (κ2) is 7.02. The zero-order valence-electron chi connectivity index (χ0n) is 13.7. The number of hydrogen-bond acceptors (Lipinski definition) is 4. The Hall–Kier alpha value is -3.49. The zero-order valence-corrected chi connectivity index (χ0v) is 13.7. The molecule has 0 N–H and O–H groups in total. The third-order valence-corrected chi connectivity index (χ3v) is 3.83. The Morgan fingerprint density at radius 3 is 2.37 bits per heavy atom. The van der Waals surface area contributed by atoms with Crippen molar-refractivity contribution in [2.45, 2.75) is 12.7 Å². The van der Waals surface area contributed by atoms with Crippen molar-refractivity contribution >= 4 is 5.69 Å². The lowest BCUT2D eigenvalue weighted by atomic mass is 10.1. The van der Waals surface area contributed by atoms with Gasteiger partial charge in [0.1, 0.15) is 0 Å². The van der Waals surface area contributed by atoms with Crippen LogP contribution in [-0.4, -0.2) is 14.7 Å². The van der Waals surface area contributed by atoms with Crippen LogP contribution >= 0.6 is 0 Å². The molecule has 0 aliphatic rings. The SMILES string of the molecule is O=c1ccc(-c2cccc([N+](=O)[O-])c2)nn1Cc1ccc(C(F)(F)F)cc1. The quantitative estimate of drug-likeness (QED) is 0.512. The summed E-state index contributed by atoms with van der Waals surface area (Å²) in [6, 6.07) is 12.9. The molecule has 0 radical (unpaired) electrons. The lowest BCUT2D eigenvalue weighted by Gasteiger charge is -2.09. The van der Waals surface area contributed by atoms with E-state index in [2.05, 4.69) is 5.10 Å². The van der Waals surface area contributed by atoms with Crippen LogP contribution in [0.3, 0.4) is 0 Å². The van der Waals surface area contributed by atoms with E-state index in [0.29, 0.717) is 16.8 Å². The minimum absolute atomic E-state index is 0.0280. The average molecular weight is 375 g/mol. The van der Waals surface area contributed by atoms with Crippen molar-refractivity contribution < 1.29 is 18.1 Å². The van der Waals surface area contributed by atoms with Gasteiger partial charge in [0.15, 0.2) is 0 Å². The van der Waals surface area contributed by atoms with Gasteiger partial charge in [-0.1, -0.05) is 24.3 Å². The van der Waals surface area contributed by atoms with E-state index in [4.69, 9.17) is 0 Å². The standard InChI is InChI=1S/C18H12F3N3O3/c19-18(20,21)14-6-4-12(5-7-14)11-23-17(25)9-8-16(22-23)13-2-1-3-15(10-13)24(26)27/h1-10H,11H2. The van der Waals surface area contributed by atoms with E-state index in [9.17, 15) is 28.1 Å². The molecule has 0 aliphatic carbocycles. The van der Waals surface area contributed by atoms with Crippen LogP contribution in [0.2, 0.25) is 0 Å². The van der Waals surface area contributed by atoms with Crippen LogP contribution in [0, 0.1) is 10.1 Å². The molecule has 0 spiro atoms. The summed E-state index contributed by atoms with van der Waals surface area (Å²) in [6.45, 7) is -0.0280. The molecule has 9 heteroatoms. The third kappa shape index (κ3) is 4.20. The van der Waals surface area contributed by atoms with Crippen LogP contribution in [0.25, 0.3) is 11.3 Å². The smallest absolute Gasteiger partial charge is 0.268 e. The molecule has 3 aromatic rings. The fourth-order valence-corrected chi connectivity index (χ4v) is 2.47. The van der Waals surface area contributed by atoms with Crippen LogP contribution in [0.15, 0.2) is 65.5 Å². The summed E-state index contributed by atoms with van der Waals surface area (Å²) in [5.41, 5.74) is -0.0832. The van der Waals surface area contributed by atoms with Crippen LogP contribution in [0.5, 0.6) is 0 Å².